The molecule has 1 saturated heterocycles. The van der Waals surface area contributed by atoms with E-state index in [1.54, 1.807) is 0 Å². The van der Waals surface area contributed by atoms with Crippen LogP contribution in [0, 0.1) is 0 Å². The Morgan fingerprint density at radius 3 is 2.70 bits per heavy atom. The van der Waals surface area contributed by atoms with Crippen molar-refractivity contribution in [2.24, 2.45) is 0 Å². The fraction of sp³-hybridized carbons (Fsp3) is 0.200. The van der Waals surface area contributed by atoms with E-state index >= 15 is 0 Å². The normalized spacial score (nSPS) is 15.2. The first-order valence-electron chi connectivity index (χ1n) is 6.77. The minimum atomic E-state index is 0.475. The summed E-state index contributed by atoms with van der Waals surface area (Å²) in [6, 6.07) is 12.7. The van der Waals surface area contributed by atoms with Gasteiger partial charge in [-0.25, -0.2) is 0 Å². The molecule has 5 heteroatoms. The van der Waals surface area contributed by atoms with E-state index in [-0.39, 0.29) is 0 Å². The molecule has 0 spiro atoms. The van der Waals surface area contributed by atoms with Crippen molar-refractivity contribution >= 4 is 16.7 Å². The van der Waals surface area contributed by atoms with Crippen molar-refractivity contribution in [2.45, 2.75) is 6.04 Å². The number of rotatable bonds is 3. The number of fused-ring (bicyclic) bond motifs is 1. The highest BCUT2D eigenvalue weighted by Gasteiger charge is 2.16. The Hall–Kier alpha value is -2.40. The molecule has 0 aliphatic carbocycles. The van der Waals surface area contributed by atoms with Crippen LogP contribution in [0.1, 0.15) is 0 Å². The summed E-state index contributed by atoms with van der Waals surface area (Å²) in [7, 11) is 0. The Kier molecular flexibility index (Phi) is 2.63. The molecule has 1 aliphatic heterocycles. The number of benzene rings is 1. The van der Waals surface area contributed by atoms with Crippen LogP contribution in [0.2, 0.25) is 0 Å². The van der Waals surface area contributed by atoms with E-state index in [4.69, 9.17) is 0 Å². The SMILES string of the molecule is c1ccc2c(-c3ccc(NC4CNC4)nn3)c[nH]c2c1. The molecule has 1 aromatic carbocycles. The van der Waals surface area contributed by atoms with Gasteiger partial charge in [0.2, 0.25) is 0 Å². The fourth-order valence-electron chi connectivity index (χ4n) is 2.44. The van der Waals surface area contributed by atoms with Crippen LogP contribution in [-0.2, 0) is 0 Å². The molecule has 0 radical (unpaired) electrons. The number of nitrogens with zero attached hydrogens (tertiary/aromatic N) is 2. The van der Waals surface area contributed by atoms with Crippen LogP contribution < -0.4 is 10.6 Å². The van der Waals surface area contributed by atoms with Crippen molar-refractivity contribution in [1.82, 2.24) is 20.5 Å². The zero-order valence-electron chi connectivity index (χ0n) is 10.9. The van der Waals surface area contributed by atoms with E-state index in [0.717, 1.165) is 35.7 Å². The van der Waals surface area contributed by atoms with E-state index in [1.807, 2.05) is 30.5 Å². The van der Waals surface area contributed by atoms with E-state index < -0.39 is 0 Å². The molecule has 100 valence electrons. The lowest BCUT2D eigenvalue weighted by molar-refractivity contribution is 0.470. The lowest BCUT2D eigenvalue weighted by atomic mass is 10.1. The van der Waals surface area contributed by atoms with E-state index in [0.29, 0.717) is 6.04 Å². The van der Waals surface area contributed by atoms with Crippen molar-refractivity contribution < 1.29 is 0 Å². The molecule has 3 N–H and O–H groups in total. The second kappa shape index (κ2) is 4.61. The van der Waals surface area contributed by atoms with Gasteiger partial charge in [-0.1, -0.05) is 18.2 Å². The summed E-state index contributed by atoms with van der Waals surface area (Å²) in [5.74, 6) is 0.833. The number of hydrogen-bond acceptors (Lipinski definition) is 4. The molecule has 1 fully saturated rings. The third-order valence-corrected chi connectivity index (χ3v) is 3.66. The Labute approximate surface area is 116 Å². The number of nitrogens with one attached hydrogen (secondary N) is 3. The summed E-state index contributed by atoms with van der Waals surface area (Å²) in [4.78, 5) is 3.26. The van der Waals surface area contributed by atoms with Gasteiger partial charge < -0.3 is 15.6 Å². The lowest BCUT2D eigenvalue weighted by Gasteiger charge is -2.28. The largest absolute Gasteiger partial charge is 0.363 e. The number of aromatic amines is 1. The maximum absolute atomic E-state index is 4.33. The zero-order chi connectivity index (χ0) is 13.4. The average molecular weight is 265 g/mol. The quantitative estimate of drug-likeness (QED) is 0.678. The van der Waals surface area contributed by atoms with Crippen LogP contribution in [0.25, 0.3) is 22.2 Å². The second-order valence-corrected chi connectivity index (χ2v) is 5.05. The lowest BCUT2D eigenvalue weighted by Crippen LogP contribution is -2.51. The van der Waals surface area contributed by atoms with Gasteiger partial charge >= 0.3 is 0 Å². The summed E-state index contributed by atoms with van der Waals surface area (Å²) in [5.41, 5.74) is 3.09. The maximum atomic E-state index is 4.33. The van der Waals surface area contributed by atoms with E-state index in [2.05, 4.69) is 37.9 Å². The topological polar surface area (TPSA) is 65.6 Å². The molecule has 5 nitrogen and oxygen atoms in total. The van der Waals surface area contributed by atoms with Crippen LogP contribution in [0.5, 0.6) is 0 Å². The first-order chi connectivity index (χ1) is 9.90. The smallest absolute Gasteiger partial charge is 0.148 e. The van der Waals surface area contributed by atoms with Crippen molar-refractivity contribution in [3.63, 3.8) is 0 Å². The molecule has 0 saturated carbocycles. The van der Waals surface area contributed by atoms with Crippen LogP contribution in [0.15, 0.2) is 42.6 Å². The maximum Gasteiger partial charge on any atom is 0.148 e. The standard InChI is InChI=1S/C15H15N5/c1-2-4-13-11(3-1)12(9-17-13)14-5-6-15(20-19-14)18-10-7-16-8-10/h1-6,9-10,16-17H,7-8H2,(H,18,20). The summed E-state index contributed by atoms with van der Waals surface area (Å²) >= 11 is 0. The molecule has 3 aromatic rings. The number of aromatic nitrogens is 3. The molecule has 4 rings (SSSR count). The van der Waals surface area contributed by atoms with E-state index in [1.165, 1.54) is 5.39 Å². The highest BCUT2D eigenvalue weighted by atomic mass is 15.2. The van der Waals surface area contributed by atoms with Crippen molar-refractivity contribution in [1.29, 1.82) is 0 Å². The van der Waals surface area contributed by atoms with Crippen molar-refractivity contribution in [3.05, 3.63) is 42.6 Å². The molecule has 0 unspecified atom stereocenters. The molecule has 1 aliphatic rings. The Morgan fingerprint density at radius 1 is 1.05 bits per heavy atom. The first kappa shape index (κ1) is 11.4. The molecule has 3 heterocycles. The number of para-hydroxylation sites is 1. The third kappa shape index (κ3) is 1.92. The van der Waals surface area contributed by atoms with Gasteiger partial charge in [-0.3, -0.25) is 0 Å². The minimum absolute atomic E-state index is 0.475. The third-order valence-electron chi connectivity index (χ3n) is 3.66. The molecule has 0 atom stereocenters. The molecule has 20 heavy (non-hydrogen) atoms. The highest BCUT2D eigenvalue weighted by molar-refractivity contribution is 5.94. The molecule has 0 amide bonds. The Bertz CT molecular complexity index is 727. The predicted octanol–water partition coefficient (Wildman–Crippen LogP) is 2.01. The van der Waals surface area contributed by atoms with Gasteiger partial charge in [0, 0.05) is 35.8 Å². The van der Waals surface area contributed by atoms with Crippen LogP contribution in [-0.4, -0.2) is 34.3 Å². The summed E-state index contributed by atoms with van der Waals surface area (Å²) in [5, 5.41) is 16.3. The molecular weight excluding hydrogens is 250 g/mol. The van der Waals surface area contributed by atoms with Gasteiger partial charge in [-0.2, -0.15) is 0 Å². The van der Waals surface area contributed by atoms with Crippen molar-refractivity contribution in [2.75, 3.05) is 18.4 Å². The summed E-state index contributed by atoms with van der Waals surface area (Å²) in [6.45, 7) is 1.98. The summed E-state index contributed by atoms with van der Waals surface area (Å²) in [6.07, 6.45) is 1.98. The van der Waals surface area contributed by atoms with Crippen LogP contribution in [0.3, 0.4) is 0 Å². The molecule has 0 bridgehead atoms. The van der Waals surface area contributed by atoms with Crippen LogP contribution in [0.4, 0.5) is 5.82 Å². The number of anilines is 1. The molecule has 2 aromatic heterocycles. The predicted molar refractivity (Wildman–Crippen MR) is 79.6 cm³/mol. The Balaban J connectivity index is 1.64. The van der Waals surface area contributed by atoms with Crippen LogP contribution >= 0.6 is 0 Å². The molecular formula is C15H15N5. The van der Waals surface area contributed by atoms with Crippen molar-refractivity contribution in [3.8, 4) is 11.3 Å². The van der Waals surface area contributed by atoms with Gasteiger partial charge in [0.25, 0.3) is 0 Å². The highest BCUT2D eigenvalue weighted by Crippen LogP contribution is 2.26. The first-order valence-corrected chi connectivity index (χ1v) is 6.77. The van der Waals surface area contributed by atoms with Gasteiger partial charge in [-0.05, 0) is 18.2 Å². The van der Waals surface area contributed by atoms with Gasteiger partial charge in [0.15, 0.2) is 0 Å². The van der Waals surface area contributed by atoms with Gasteiger partial charge in [0.05, 0.1) is 11.7 Å². The second-order valence-electron chi connectivity index (χ2n) is 5.05. The monoisotopic (exact) mass is 265 g/mol. The summed E-state index contributed by atoms with van der Waals surface area (Å²) < 4.78 is 0. The average Bonchev–Trinajstić information content (AvgIpc) is 2.88. The van der Waals surface area contributed by atoms with Gasteiger partial charge in [0.1, 0.15) is 5.82 Å². The number of H-pyrrole nitrogens is 1. The minimum Gasteiger partial charge on any atom is -0.363 e. The Morgan fingerprint density at radius 2 is 1.95 bits per heavy atom. The zero-order valence-corrected chi connectivity index (χ0v) is 10.9. The fourth-order valence-corrected chi connectivity index (χ4v) is 2.44. The van der Waals surface area contributed by atoms with Gasteiger partial charge in [-0.15, -0.1) is 10.2 Å². The van der Waals surface area contributed by atoms with E-state index in [9.17, 15) is 0 Å². The number of hydrogen-bond donors (Lipinski definition) is 3.